The van der Waals surface area contributed by atoms with Gasteiger partial charge in [0.2, 0.25) is 0 Å². The van der Waals surface area contributed by atoms with Crippen LogP contribution in [0.15, 0.2) is 28.7 Å². The van der Waals surface area contributed by atoms with Crippen molar-refractivity contribution in [3.8, 4) is 0 Å². The Morgan fingerprint density at radius 3 is 2.80 bits per heavy atom. The third kappa shape index (κ3) is 3.60. The molecule has 1 atom stereocenters. The van der Waals surface area contributed by atoms with Crippen molar-refractivity contribution in [2.75, 3.05) is 0 Å². The van der Waals surface area contributed by atoms with Gasteiger partial charge in [-0.25, -0.2) is 0 Å². The molecule has 0 aliphatic rings. The van der Waals surface area contributed by atoms with Crippen LogP contribution in [0.2, 0.25) is 0 Å². The van der Waals surface area contributed by atoms with Crippen molar-refractivity contribution in [1.82, 2.24) is 5.32 Å². The summed E-state index contributed by atoms with van der Waals surface area (Å²) < 4.78 is 0.859. The van der Waals surface area contributed by atoms with E-state index in [-0.39, 0.29) is 16.9 Å². The molecule has 1 aromatic carbocycles. The number of hydrogen-bond donors (Lipinski definition) is 2. The molecule has 3 nitrogen and oxygen atoms in total. The summed E-state index contributed by atoms with van der Waals surface area (Å²) in [6.07, 6.45) is 0. The van der Waals surface area contributed by atoms with Gasteiger partial charge in [0.25, 0.3) is 5.91 Å². The first-order valence-electron chi connectivity index (χ1n) is 4.36. The van der Waals surface area contributed by atoms with E-state index in [1.54, 1.807) is 25.1 Å². The van der Waals surface area contributed by atoms with Crippen molar-refractivity contribution in [2.45, 2.75) is 13.0 Å². The summed E-state index contributed by atoms with van der Waals surface area (Å²) in [6, 6.07) is 6.82. The maximum absolute atomic E-state index is 11.7. The molecule has 0 saturated heterocycles. The van der Waals surface area contributed by atoms with Crippen LogP contribution in [0, 0.1) is 0 Å². The minimum absolute atomic E-state index is 0.184. The summed E-state index contributed by atoms with van der Waals surface area (Å²) in [7, 11) is 0. The van der Waals surface area contributed by atoms with E-state index < -0.39 is 0 Å². The maximum atomic E-state index is 11.7. The second-order valence-corrected chi connectivity index (χ2v) is 4.49. The van der Waals surface area contributed by atoms with Crippen LogP contribution in [0.1, 0.15) is 17.3 Å². The fourth-order valence-corrected chi connectivity index (χ4v) is 1.44. The van der Waals surface area contributed by atoms with E-state index in [2.05, 4.69) is 21.2 Å². The zero-order valence-corrected chi connectivity index (χ0v) is 10.6. The fraction of sp³-hybridized carbons (Fsp3) is 0.200. The molecule has 0 aliphatic heterocycles. The predicted octanol–water partition coefficient (Wildman–Crippen LogP) is 1.85. The van der Waals surface area contributed by atoms with E-state index in [0.717, 1.165) is 4.47 Å². The summed E-state index contributed by atoms with van der Waals surface area (Å²) >= 11 is 8.06. The molecule has 1 amide bonds. The van der Waals surface area contributed by atoms with Crippen LogP contribution in [0.4, 0.5) is 0 Å². The highest BCUT2D eigenvalue weighted by atomic mass is 79.9. The molecule has 1 rings (SSSR count). The van der Waals surface area contributed by atoms with Gasteiger partial charge in [-0.2, -0.15) is 0 Å². The maximum Gasteiger partial charge on any atom is 0.251 e. The molecule has 0 fully saturated rings. The van der Waals surface area contributed by atoms with Crippen LogP contribution in [-0.2, 0) is 0 Å². The van der Waals surface area contributed by atoms with Gasteiger partial charge in [-0.15, -0.1) is 0 Å². The average Bonchev–Trinajstić information content (AvgIpc) is 2.17. The number of thiocarbonyl (C=S) groups is 1. The number of nitrogens with one attached hydrogen (secondary N) is 1. The van der Waals surface area contributed by atoms with Crippen molar-refractivity contribution in [3.05, 3.63) is 34.3 Å². The standard InChI is InChI=1S/C10H11BrN2OS/c1-6(9(12)15)13-10(14)7-3-2-4-8(11)5-7/h2-6H,1H3,(H2,12,15)(H,13,14). The average molecular weight is 287 g/mol. The van der Waals surface area contributed by atoms with E-state index in [0.29, 0.717) is 5.56 Å². The molecule has 0 heterocycles. The van der Waals surface area contributed by atoms with Gasteiger partial charge in [0.05, 0.1) is 11.0 Å². The van der Waals surface area contributed by atoms with E-state index in [1.807, 2.05) is 6.07 Å². The van der Waals surface area contributed by atoms with Gasteiger partial charge < -0.3 is 11.1 Å². The Morgan fingerprint density at radius 2 is 2.27 bits per heavy atom. The van der Waals surface area contributed by atoms with Crippen LogP contribution in [0.3, 0.4) is 0 Å². The smallest absolute Gasteiger partial charge is 0.251 e. The van der Waals surface area contributed by atoms with E-state index in [4.69, 9.17) is 18.0 Å². The van der Waals surface area contributed by atoms with Gasteiger partial charge in [0, 0.05) is 10.0 Å². The molecule has 0 radical (unpaired) electrons. The minimum Gasteiger partial charge on any atom is -0.392 e. The van der Waals surface area contributed by atoms with Crippen LogP contribution in [-0.4, -0.2) is 16.9 Å². The number of amides is 1. The van der Waals surface area contributed by atoms with Crippen molar-refractivity contribution in [1.29, 1.82) is 0 Å². The zero-order chi connectivity index (χ0) is 11.4. The van der Waals surface area contributed by atoms with Gasteiger partial charge in [-0.1, -0.05) is 34.2 Å². The number of halogens is 1. The Labute approximate surface area is 102 Å². The number of nitrogens with two attached hydrogens (primary N) is 1. The first-order chi connectivity index (χ1) is 7.00. The van der Waals surface area contributed by atoms with Crippen molar-refractivity contribution in [2.24, 2.45) is 5.73 Å². The molecule has 0 bridgehead atoms. The Balaban J connectivity index is 2.73. The third-order valence-electron chi connectivity index (χ3n) is 1.86. The van der Waals surface area contributed by atoms with Gasteiger partial charge in [0.15, 0.2) is 0 Å². The summed E-state index contributed by atoms with van der Waals surface area (Å²) in [4.78, 5) is 11.9. The normalized spacial score (nSPS) is 11.9. The number of benzene rings is 1. The quantitative estimate of drug-likeness (QED) is 0.834. The van der Waals surface area contributed by atoms with E-state index >= 15 is 0 Å². The second-order valence-electron chi connectivity index (χ2n) is 3.11. The van der Waals surface area contributed by atoms with Crippen LogP contribution in [0.25, 0.3) is 0 Å². The zero-order valence-electron chi connectivity index (χ0n) is 8.16. The van der Waals surface area contributed by atoms with Crippen LogP contribution in [0.5, 0.6) is 0 Å². The van der Waals surface area contributed by atoms with E-state index in [9.17, 15) is 4.79 Å². The molecule has 0 aromatic heterocycles. The first kappa shape index (κ1) is 12.1. The Hall–Kier alpha value is -0.940. The van der Waals surface area contributed by atoms with Gasteiger partial charge in [0.1, 0.15) is 0 Å². The highest BCUT2D eigenvalue weighted by Crippen LogP contribution is 2.11. The lowest BCUT2D eigenvalue weighted by Crippen LogP contribution is -2.41. The molecular formula is C10H11BrN2OS. The SMILES string of the molecule is CC(NC(=O)c1cccc(Br)c1)C(N)=S. The number of hydrogen-bond acceptors (Lipinski definition) is 2. The molecule has 80 valence electrons. The Morgan fingerprint density at radius 1 is 1.60 bits per heavy atom. The van der Waals surface area contributed by atoms with Crippen LogP contribution < -0.4 is 11.1 Å². The fourth-order valence-electron chi connectivity index (χ4n) is 0.981. The molecule has 5 heteroatoms. The van der Waals surface area contributed by atoms with Crippen molar-refractivity contribution in [3.63, 3.8) is 0 Å². The summed E-state index contributed by atoms with van der Waals surface area (Å²) in [5.74, 6) is -0.184. The lowest BCUT2D eigenvalue weighted by Gasteiger charge is -2.11. The molecule has 3 N–H and O–H groups in total. The number of carbonyl (C=O) groups is 1. The Bertz CT molecular complexity index is 395. The van der Waals surface area contributed by atoms with Crippen LogP contribution >= 0.6 is 28.1 Å². The summed E-state index contributed by atoms with van der Waals surface area (Å²) in [5, 5.41) is 2.70. The molecule has 1 unspecified atom stereocenters. The minimum atomic E-state index is -0.300. The highest BCUT2D eigenvalue weighted by molar-refractivity contribution is 9.10. The molecule has 0 saturated carbocycles. The van der Waals surface area contributed by atoms with Gasteiger partial charge in [-0.3, -0.25) is 4.79 Å². The molecule has 1 aromatic rings. The van der Waals surface area contributed by atoms with E-state index in [1.165, 1.54) is 0 Å². The highest BCUT2D eigenvalue weighted by Gasteiger charge is 2.11. The second kappa shape index (κ2) is 5.23. The lowest BCUT2D eigenvalue weighted by atomic mass is 10.2. The first-order valence-corrected chi connectivity index (χ1v) is 5.56. The largest absolute Gasteiger partial charge is 0.392 e. The molecule has 15 heavy (non-hydrogen) atoms. The molecular weight excluding hydrogens is 276 g/mol. The van der Waals surface area contributed by atoms with Crippen molar-refractivity contribution < 1.29 is 4.79 Å². The van der Waals surface area contributed by atoms with Gasteiger partial charge >= 0.3 is 0 Å². The van der Waals surface area contributed by atoms with Crippen molar-refractivity contribution >= 4 is 39.0 Å². The molecule has 0 aliphatic carbocycles. The lowest BCUT2D eigenvalue weighted by molar-refractivity contribution is 0.0949. The molecule has 0 spiro atoms. The van der Waals surface area contributed by atoms with Gasteiger partial charge in [-0.05, 0) is 25.1 Å². The summed E-state index contributed by atoms with van der Waals surface area (Å²) in [5.41, 5.74) is 5.98. The summed E-state index contributed by atoms with van der Waals surface area (Å²) in [6.45, 7) is 1.75. The number of carbonyl (C=O) groups excluding carboxylic acids is 1. The Kier molecular flexibility index (Phi) is 4.23. The third-order valence-corrected chi connectivity index (χ3v) is 2.71. The monoisotopic (exact) mass is 286 g/mol. The number of rotatable bonds is 3. The topological polar surface area (TPSA) is 55.1 Å². The predicted molar refractivity (Wildman–Crippen MR) is 67.9 cm³/mol.